The highest BCUT2D eigenvalue weighted by Gasteiger charge is 2.14. The highest BCUT2D eigenvalue weighted by molar-refractivity contribution is 7.89. The number of nitrogens with zero attached hydrogens (tertiary/aromatic N) is 1. The Hall–Kier alpha value is -3.03. The van der Waals surface area contributed by atoms with Gasteiger partial charge in [-0.05, 0) is 42.0 Å². The lowest BCUT2D eigenvalue weighted by Gasteiger charge is -2.09. The summed E-state index contributed by atoms with van der Waals surface area (Å²) in [5.74, 6) is -0.287. The van der Waals surface area contributed by atoms with Gasteiger partial charge in [0.25, 0.3) is 5.91 Å². The van der Waals surface area contributed by atoms with Crippen molar-refractivity contribution in [2.45, 2.75) is 11.4 Å². The van der Waals surface area contributed by atoms with Crippen LogP contribution >= 0.6 is 0 Å². The Morgan fingerprint density at radius 1 is 0.885 bits per heavy atom. The number of pyridine rings is 1. The Morgan fingerprint density at radius 2 is 1.54 bits per heavy atom. The molecule has 0 aliphatic rings. The third-order valence-corrected chi connectivity index (χ3v) is 5.09. The first-order chi connectivity index (χ1) is 12.5. The monoisotopic (exact) mass is 367 g/mol. The average molecular weight is 367 g/mol. The van der Waals surface area contributed by atoms with Crippen molar-refractivity contribution < 1.29 is 13.2 Å². The Kier molecular flexibility index (Phi) is 5.40. The zero-order valence-corrected chi connectivity index (χ0v) is 14.6. The van der Waals surface area contributed by atoms with Crippen LogP contribution in [0.2, 0.25) is 0 Å². The fourth-order valence-corrected chi connectivity index (χ4v) is 3.30. The second-order valence-electron chi connectivity index (χ2n) is 5.52. The van der Waals surface area contributed by atoms with Crippen molar-refractivity contribution in [3.05, 3.63) is 90.3 Å². The van der Waals surface area contributed by atoms with Crippen LogP contribution in [0.3, 0.4) is 0 Å². The first-order valence-corrected chi connectivity index (χ1v) is 9.38. The van der Waals surface area contributed by atoms with Crippen molar-refractivity contribution in [1.29, 1.82) is 0 Å². The van der Waals surface area contributed by atoms with Gasteiger partial charge in [0.05, 0.1) is 4.90 Å². The molecular weight excluding hydrogens is 350 g/mol. The van der Waals surface area contributed by atoms with Gasteiger partial charge in [0, 0.05) is 30.2 Å². The van der Waals surface area contributed by atoms with Crippen LogP contribution in [0.4, 0.5) is 5.69 Å². The van der Waals surface area contributed by atoms with Crippen molar-refractivity contribution in [1.82, 2.24) is 9.71 Å². The number of hydrogen-bond donors (Lipinski definition) is 2. The van der Waals surface area contributed by atoms with E-state index in [2.05, 4.69) is 15.0 Å². The molecule has 7 heteroatoms. The first-order valence-electron chi connectivity index (χ1n) is 7.90. The Balaban J connectivity index is 1.65. The van der Waals surface area contributed by atoms with Gasteiger partial charge in [-0.2, -0.15) is 0 Å². The number of hydrogen-bond acceptors (Lipinski definition) is 4. The molecule has 0 aliphatic carbocycles. The van der Waals surface area contributed by atoms with Crippen molar-refractivity contribution >= 4 is 21.6 Å². The number of carbonyl (C=O) groups is 1. The molecule has 2 N–H and O–H groups in total. The van der Waals surface area contributed by atoms with Gasteiger partial charge in [0.15, 0.2) is 0 Å². The van der Waals surface area contributed by atoms with Gasteiger partial charge >= 0.3 is 0 Å². The van der Waals surface area contributed by atoms with Crippen molar-refractivity contribution in [2.24, 2.45) is 0 Å². The predicted octanol–water partition coefficient (Wildman–Crippen LogP) is 2.81. The maximum absolute atomic E-state index is 12.4. The van der Waals surface area contributed by atoms with E-state index in [-0.39, 0.29) is 17.3 Å². The van der Waals surface area contributed by atoms with Gasteiger partial charge in [0.1, 0.15) is 0 Å². The summed E-state index contributed by atoms with van der Waals surface area (Å²) in [7, 11) is -3.63. The number of rotatable bonds is 6. The van der Waals surface area contributed by atoms with Crippen molar-refractivity contribution in [3.8, 4) is 0 Å². The molecule has 0 radical (unpaired) electrons. The quantitative estimate of drug-likeness (QED) is 0.701. The summed E-state index contributed by atoms with van der Waals surface area (Å²) in [6.07, 6.45) is 3.06. The normalized spacial score (nSPS) is 11.1. The predicted molar refractivity (Wildman–Crippen MR) is 99.1 cm³/mol. The maximum atomic E-state index is 12.4. The number of aromatic nitrogens is 1. The molecule has 6 nitrogen and oxygen atoms in total. The summed E-state index contributed by atoms with van der Waals surface area (Å²) in [6, 6.07) is 18.5. The minimum atomic E-state index is -3.63. The van der Waals surface area contributed by atoms with E-state index in [1.807, 2.05) is 30.3 Å². The largest absolute Gasteiger partial charge is 0.322 e. The van der Waals surface area contributed by atoms with Crippen LogP contribution in [0.25, 0.3) is 0 Å². The van der Waals surface area contributed by atoms with Crippen molar-refractivity contribution in [3.63, 3.8) is 0 Å². The summed E-state index contributed by atoms with van der Waals surface area (Å²) >= 11 is 0. The number of nitrogens with one attached hydrogen (secondary N) is 2. The number of anilines is 1. The molecule has 0 aliphatic heterocycles. The van der Waals surface area contributed by atoms with Gasteiger partial charge in [0.2, 0.25) is 10.0 Å². The molecule has 0 fully saturated rings. The molecule has 2 aromatic carbocycles. The SMILES string of the molecule is O=C(Nc1ccc(S(=O)(=O)NCc2ccccc2)cc1)c1ccncc1. The topological polar surface area (TPSA) is 88.2 Å². The third-order valence-electron chi connectivity index (χ3n) is 3.67. The Labute approximate surface area is 152 Å². The molecule has 3 rings (SSSR count). The fourth-order valence-electron chi connectivity index (χ4n) is 2.28. The van der Waals surface area contributed by atoms with Gasteiger partial charge in [-0.15, -0.1) is 0 Å². The van der Waals surface area contributed by atoms with Crippen LogP contribution in [0.5, 0.6) is 0 Å². The van der Waals surface area contributed by atoms with E-state index >= 15 is 0 Å². The van der Waals surface area contributed by atoms with Crippen LogP contribution in [0.15, 0.2) is 84.0 Å². The fraction of sp³-hybridized carbons (Fsp3) is 0.0526. The van der Waals surface area contributed by atoms with Gasteiger partial charge in [-0.25, -0.2) is 13.1 Å². The Bertz CT molecular complexity index is 974. The van der Waals surface area contributed by atoms with E-state index in [9.17, 15) is 13.2 Å². The van der Waals surface area contributed by atoms with Gasteiger partial charge in [-0.3, -0.25) is 9.78 Å². The Morgan fingerprint density at radius 3 is 2.19 bits per heavy atom. The molecule has 0 atom stereocenters. The summed E-state index contributed by atoms with van der Waals surface area (Å²) in [6.45, 7) is 0.212. The van der Waals surface area contributed by atoms with Crippen LogP contribution in [-0.2, 0) is 16.6 Å². The third kappa shape index (κ3) is 4.53. The summed E-state index contributed by atoms with van der Waals surface area (Å²) < 4.78 is 27.3. The smallest absolute Gasteiger partial charge is 0.255 e. The van der Waals surface area contributed by atoms with Gasteiger partial charge < -0.3 is 5.32 Å². The molecular formula is C19H17N3O3S. The number of amides is 1. The lowest BCUT2D eigenvalue weighted by atomic mass is 10.2. The van der Waals surface area contributed by atoms with Crippen LogP contribution in [0.1, 0.15) is 15.9 Å². The van der Waals surface area contributed by atoms with Gasteiger partial charge in [-0.1, -0.05) is 30.3 Å². The van der Waals surface area contributed by atoms with E-state index in [0.717, 1.165) is 5.56 Å². The standard InChI is InChI=1S/C19H17N3O3S/c23-19(16-10-12-20-13-11-16)22-17-6-8-18(9-7-17)26(24,25)21-14-15-4-2-1-3-5-15/h1-13,21H,14H2,(H,22,23). The number of benzene rings is 2. The van der Waals surface area contributed by atoms with Crippen LogP contribution < -0.4 is 10.0 Å². The van der Waals surface area contributed by atoms with Crippen molar-refractivity contribution in [2.75, 3.05) is 5.32 Å². The molecule has 0 unspecified atom stereocenters. The average Bonchev–Trinajstić information content (AvgIpc) is 2.68. The minimum Gasteiger partial charge on any atom is -0.322 e. The molecule has 1 amide bonds. The van der Waals surface area contributed by atoms with Crippen LogP contribution in [-0.4, -0.2) is 19.3 Å². The minimum absolute atomic E-state index is 0.135. The lowest BCUT2D eigenvalue weighted by molar-refractivity contribution is 0.102. The lowest BCUT2D eigenvalue weighted by Crippen LogP contribution is -2.23. The van der Waals surface area contributed by atoms with E-state index in [0.29, 0.717) is 11.3 Å². The van der Waals surface area contributed by atoms with E-state index in [4.69, 9.17) is 0 Å². The zero-order chi connectivity index (χ0) is 18.4. The summed E-state index contributed by atoms with van der Waals surface area (Å²) in [5.41, 5.74) is 1.85. The maximum Gasteiger partial charge on any atom is 0.255 e. The molecule has 0 saturated heterocycles. The molecule has 26 heavy (non-hydrogen) atoms. The first kappa shape index (κ1) is 17.8. The molecule has 1 heterocycles. The highest BCUT2D eigenvalue weighted by atomic mass is 32.2. The second-order valence-corrected chi connectivity index (χ2v) is 7.29. The molecule has 0 saturated carbocycles. The second kappa shape index (κ2) is 7.90. The molecule has 3 aromatic rings. The molecule has 1 aromatic heterocycles. The molecule has 132 valence electrons. The molecule has 0 bridgehead atoms. The summed E-state index contributed by atoms with van der Waals surface area (Å²) in [5, 5.41) is 2.71. The zero-order valence-electron chi connectivity index (χ0n) is 13.8. The molecule has 0 spiro atoms. The highest BCUT2D eigenvalue weighted by Crippen LogP contribution is 2.15. The van der Waals surface area contributed by atoms with E-state index < -0.39 is 10.0 Å². The van der Waals surface area contributed by atoms with E-state index in [1.54, 1.807) is 24.3 Å². The number of carbonyl (C=O) groups excluding carboxylic acids is 1. The van der Waals surface area contributed by atoms with E-state index in [1.165, 1.54) is 24.5 Å². The number of sulfonamides is 1. The van der Waals surface area contributed by atoms with Crippen LogP contribution in [0, 0.1) is 0 Å². The summed E-state index contributed by atoms with van der Waals surface area (Å²) in [4.78, 5) is 16.1.